The normalized spacial score (nSPS) is 24.3. The van der Waals surface area contributed by atoms with Crippen molar-refractivity contribution in [2.45, 2.75) is 40.0 Å². The summed E-state index contributed by atoms with van der Waals surface area (Å²) in [4.78, 5) is 12.1. The second-order valence-corrected chi connectivity index (χ2v) is 6.40. The van der Waals surface area contributed by atoms with Crippen LogP contribution in [0.5, 0.6) is 0 Å². The monoisotopic (exact) mass is 287 g/mol. The molecule has 1 saturated carbocycles. The third kappa shape index (κ3) is 4.06. The SMILES string of the molecule is CC(C)[C@H]1CC[C@@H](C)C/C1=N/NC(=O)c1ccc(N)cc1. The number of rotatable bonds is 3. The molecule has 4 heteroatoms. The third-order valence-electron chi connectivity index (χ3n) is 4.23. The molecule has 114 valence electrons. The largest absolute Gasteiger partial charge is 0.399 e. The minimum Gasteiger partial charge on any atom is -0.399 e. The molecule has 1 fully saturated rings. The Labute approximate surface area is 126 Å². The number of nitrogens with one attached hydrogen (secondary N) is 1. The number of anilines is 1. The number of hydrazone groups is 1. The van der Waals surface area contributed by atoms with E-state index in [1.807, 2.05) is 0 Å². The zero-order valence-corrected chi connectivity index (χ0v) is 13.1. The van der Waals surface area contributed by atoms with E-state index in [-0.39, 0.29) is 5.91 Å². The van der Waals surface area contributed by atoms with Crippen LogP contribution in [0.3, 0.4) is 0 Å². The number of hydrogen-bond acceptors (Lipinski definition) is 3. The summed E-state index contributed by atoms with van der Waals surface area (Å²) >= 11 is 0. The van der Waals surface area contributed by atoms with E-state index < -0.39 is 0 Å². The van der Waals surface area contributed by atoms with Crippen LogP contribution >= 0.6 is 0 Å². The molecule has 0 spiro atoms. The van der Waals surface area contributed by atoms with E-state index in [0.29, 0.717) is 29.0 Å². The van der Waals surface area contributed by atoms with Gasteiger partial charge in [0.1, 0.15) is 0 Å². The Morgan fingerprint density at radius 3 is 2.57 bits per heavy atom. The Kier molecular flexibility index (Phi) is 4.99. The first kappa shape index (κ1) is 15.5. The number of benzene rings is 1. The van der Waals surface area contributed by atoms with Gasteiger partial charge in [0, 0.05) is 22.9 Å². The van der Waals surface area contributed by atoms with Gasteiger partial charge in [0.2, 0.25) is 0 Å². The molecule has 21 heavy (non-hydrogen) atoms. The van der Waals surface area contributed by atoms with Gasteiger partial charge in [0.25, 0.3) is 5.91 Å². The van der Waals surface area contributed by atoms with Crippen LogP contribution in [0.4, 0.5) is 5.69 Å². The Morgan fingerprint density at radius 2 is 1.95 bits per heavy atom. The van der Waals surface area contributed by atoms with Gasteiger partial charge in [0.15, 0.2) is 0 Å². The molecule has 4 nitrogen and oxygen atoms in total. The molecular formula is C17H25N3O. The maximum atomic E-state index is 12.1. The fraction of sp³-hybridized carbons (Fsp3) is 0.529. The molecule has 0 aromatic heterocycles. The molecule has 3 N–H and O–H groups in total. The van der Waals surface area contributed by atoms with E-state index in [1.165, 1.54) is 6.42 Å². The van der Waals surface area contributed by atoms with Crippen molar-refractivity contribution in [3.8, 4) is 0 Å². The molecule has 0 unspecified atom stereocenters. The summed E-state index contributed by atoms with van der Waals surface area (Å²) in [5.41, 5.74) is 10.7. The summed E-state index contributed by atoms with van der Waals surface area (Å²) in [5, 5.41) is 4.42. The van der Waals surface area contributed by atoms with Crippen LogP contribution in [0.2, 0.25) is 0 Å². The maximum absolute atomic E-state index is 12.1. The number of nitrogens with two attached hydrogens (primary N) is 1. The second kappa shape index (κ2) is 6.74. The highest BCUT2D eigenvalue weighted by Gasteiger charge is 2.27. The van der Waals surface area contributed by atoms with Crippen molar-refractivity contribution in [2.24, 2.45) is 22.9 Å². The van der Waals surface area contributed by atoms with E-state index in [4.69, 9.17) is 5.73 Å². The lowest BCUT2D eigenvalue weighted by molar-refractivity contribution is 0.0954. The Hall–Kier alpha value is -1.84. The first-order valence-corrected chi connectivity index (χ1v) is 7.69. The van der Waals surface area contributed by atoms with Crippen LogP contribution in [-0.4, -0.2) is 11.6 Å². The van der Waals surface area contributed by atoms with Gasteiger partial charge in [-0.2, -0.15) is 5.10 Å². The fourth-order valence-electron chi connectivity index (χ4n) is 2.91. The molecule has 0 heterocycles. The Morgan fingerprint density at radius 1 is 1.29 bits per heavy atom. The van der Waals surface area contributed by atoms with Crippen molar-refractivity contribution in [1.82, 2.24) is 5.43 Å². The van der Waals surface area contributed by atoms with Gasteiger partial charge >= 0.3 is 0 Å². The molecular weight excluding hydrogens is 262 g/mol. The van der Waals surface area contributed by atoms with E-state index >= 15 is 0 Å². The zero-order valence-electron chi connectivity index (χ0n) is 13.1. The first-order chi connectivity index (χ1) is 9.97. The molecule has 0 aliphatic heterocycles. The number of amides is 1. The summed E-state index contributed by atoms with van der Waals surface area (Å²) in [5.74, 6) is 1.51. The van der Waals surface area contributed by atoms with Crippen LogP contribution in [0.1, 0.15) is 50.4 Å². The van der Waals surface area contributed by atoms with Crippen molar-refractivity contribution in [3.63, 3.8) is 0 Å². The number of hydrogen-bond donors (Lipinski definition) is 2. The van der Waals surface area contributed by atoms with Gasteiger partial charge in [0.05, 0.1) is 0 Å². The van der Waals surface area contributed by atoms with E-state index in [9.17, 15) is 4.79 Å². The number of carbonyl (C=O) groups excluding carboxylic acids is 1. The minimum absolute atomic E-state index is 0.178. The smallest absolute Gasteiger partial charge is 0.271 e. The first-order valence-electron chi connectivity index (χ1n) is 7.69. The summed E-state index contributed by atoms with van der Waals surface area (Å²) in [6, 6.07) is 6.88. The molecule has 2 atom stereocenters. The summed E-state index contributed by atoms with van der Waals surface area (Å²) in [7, 11) is 0. The number of nitrogen functional groups attached to an aromatic ring is 1. The fourth-order valence-corrected chi connectivity index (χ4v) is 2.91. The number of carbonyl (C=O) groups is 1. The predicted molar refractivity (Wildman–Crippen MR) is 87.1 cm³/mol. The molecule has 0 bridgehead atoms. The molecule has 1 amide bonds. The van der Waals surface area contributed by atoms with Crippen LogP contribution in [0, 0.1) is 17.8 Å². The quantitative estimate of drug-likeness (QED) is 0.660. The zero-order chi connectivity index (χ0) is 15.4. The maximum Gasteiger partial charge on any atom is 0.271 e. The number of nitrogens with zero attached hydrogens (tertiary/aromatic N) is 1. The Bertz CT molecular complexity index is 519. The van der Waals surface area contributed by atoms with Crippen molar-refractivity contribution in [3.05, 3.63) is 29.8 Å². The average Bonchev–Trinajstić information content (AvgIpc) is 2.45. The molecule has 0 radical (unpaired) electrons. The third-order valence-corrected chi connectivity index (χ3v) is 4.23. The van der Waals surface area contributed by atoms with Crippen molar-refractivity contribution in [1.29, 1.82) is 0 Å². The van der Waals surface area contributed by atoms with Gasteiger partial charge in [-0.3, -0.25) is 4.79 Å². The van der Waals surface area contributed by atoms with Crippen molar-refractivity contribution < 1.29 is 4.79 Å². The standard InChI is InChI=1S/C17H25N3O/c1-11(2)15-9-4-12(3)10-16(15)19-20-17(21)13-5-7-14(18)8-6-13/h5-8,11-12,15H,4,9-10,18H2,1-3H3,(H,20,21)/b19-16-/t12-,15-/m1/s1. The van der Waals surface area contributed by atoms with Gasteiger partial charge < -0.3 is 5.73 Å². The van der Waals surface area contributed by atoms with E-state index in [0.717, 1.165) is 18.6 Å². The molecule has 1 aromatic carbocycles. The van der Waals surface area contributed by atoms with Gasteiger partial charge in [-0.25, -0.2) is 5.43 Å². The summed E-state index contributed by atoms with van der Waals surface area (Å²) < 4.78 is 0. The lowest BCUT2D eigenvalue weighted by Gasteiger charge is -2.30. The minimum atomic E-state index is -0.178. The molecule has 1 aliphatic carbocycles. The van der Waals surface area contributed by atoms with Crippen LogP contribution in [-0.2, 0) is 0 Å². The van der Waals surface area contributed by atoms with Gasteiger partial charge in [-0.1, -0.05) is 20.8 Å². The highest BCUT2D eigenvalue weighted by Crippen LogP contribution is 2.31. The molecule has 1 aromatic rings. The highest BCUT2D eigenvalue weighted by molar-refractivity contribution is 5.96. The van der Waals surface area contributed by atoms with Crippen molar-refractivity contribution in [2.75, 3.05) is 5.73 Å². The topological polar surface area (TPSA) is 67.5 Å². The van der Waals surface area contributed by atoms with E-state index in [1.54, 1.807) is 24.3 Å². The van der Waals surface area contributed by atoms with Gasteiger partial charge in [-0.15, -0.1) is 0 Å². The summed E-state index contributed by atoms with van der Waals surface area (Å²) in [6.07, 6.45) is 3.38. The van der Waals surface area contributed by atoms with E-state index in [2.05, 4.69) is 31.3 Å². The molecule has 2 rings (SSSR count). The lowest BCUT2D eigenvalue weighted by Crippen LogP contribution is -2.31. The van der Waals surface area contributed by atoms with Gasteiger partial charge in [-0.05, 0) is 55.4 Å². The second-order valence-electron chi connectivity index (χ2n) is 6.40. The Balaban J connectivity index is 2.06. The summed E-state index contributed by atoms with van der Waals surface area (Å²) in [6.45, 7) is 6.68. The lowest BCUT2D eigenvalue weighted by atomic mass is 9.76. The van der Waals surface area contributed by atoms with Crippen LogP contribution in [0.15, 0.2) is 29.4 Å². The molecule has 1 aliphatic rings. The molecule has 0 saturated heterocycles. The highest BCUT2D eigenvalue weighted by atomic mass is 16.2. The van der Waals surface area contributed by atoms with Crippen LogP contribution in [0.25, 0.3) is 0 Å². The average molecular weight is 287 g/mol. The predicted octanol–water partition coefficient (Wildman–Crippen LogP) is 3.45. The van der Waals surface area contributed by atoms with Crippen molar-refractivity contribution >= 4 is 17.3 Å². The van der Waals surface area contributed by atoms with Crippen LogP contribution < -0.4 is 11.2 Å².